The molecule has 0 aromatic heterocycles. The molecule has 1 fully saturated rings. The van der Waals surface area contributed by atoms with Crippen LogP contribution in [0.5, 0.6) is 0 Å². The molecule has 1 saturated carbocycles. The fourth-order valence-electron chi connectivity index (χ4n) is 2.51. The van der Waals surface area contributed by atoms with Gasteiger partial charge in [0, 0.05) is 18.7 Å². The summed E-state index contributed by atoms with van der Waals surface area (Å²) in [7, 11) is 1.91. The van der Waals surface area contributed by atoms with Crippen LogP contribution in [0.1, 0.15) is 43.4 Å². The number of benzene rings is 1. The van der Waals surface area contributed by atoms with E-state index < -0.39 is 0 Å². The van der Waals surface area contributed by atoms with E-state index in [1.54, 1.807) is 6.26 Å². The lowest BCUT2D eigenvalue weighted by atomic mass is 9.88. The first-order valence-electron chi connectivity index (χ1n) is 7.51. The molecular weight excluding hydrogens is 276 g/mol. The maximum Gasteiger partial charge on any atom is 0.0658 e. The van der Waals surface area contributed by atoms with Gasteiger partial charge in [0.25, 0.3) is 0 Å². The van der Waals surface area contributed by atoms with Crippen LogP contribution in [0, 0.1) is 13.8 Å². The zero-order chi connectivity index (χ0) is 16.5. The largest absolute Gasteiger partial charge is 0.392 e. The second-order valence-corrected chi connectivity index (χ2v) is 4.88. The lowest BCUT2D eigenvalue weighted by Gasteiger charge is -2.19. The molecule has 1 aromatic rings. The smallest absolute Gasteiger partial charge is 0.0658 e. The molecule has 21 heavy (non-hydrogen) atoms. The van der Waals surface area contributed by atoms with Crippen molar-refractivity contribution in [3.8, 4) is 0 Å². The summed E-state index contributed by atoms with van der Waals surface area (Å²) in [6.45, 7) is 12.0. The van der Waals surface area contributed by atoms with Crippen LogP contribution in [-0.2, 0) is 5.41 Å². The van der Waals surface area contributed by atoms with Crippen molar-refractivity contribution in [2.75, 3.05) is 13.3 Å². The van der Waals surface area contributed by atoms with Crippen LogP contribution in [0.4, 0.5) is 0 Å². The van der Waals surface area contributed by atoms with Crippen molar-refractivity contribution in [3.05, 3.63) is 46.8 Å². The fourth-order valence-corrected chi connectivity index (χ4v) is 2.51. The van der Waals surface area contributed by atoms with E-state index in [1.807, 2.05) is 27.1 Å². The maximum atomic E-state index is 4.21. The number of aliphatic imine (C=N–C) groups is 1. The van der Waals surface area contributed by atoms with Crippen molar-refractivity contribution < 1.29 is 0 Å². The summed E-state index contributed by atoms with van der Waals surface area (Å²) < 4.78 is 0. The third-order valence-corrected chi connectivity index (χ3v) is 3.60. The van der Waals surface area contributed by atoms with Crippen LogP contribution in [0.3, 0.4) is 0 Å². The number of hydrogen-bond donors (Lipinski definition) is 2. The molecule has 0 spiro atoms. The summed E-state index contributed by atoms with van der Waals surface area (Å²) in [5.41, 5.74) is 5.24. The third kappa shape index (κ3) is 4.63. The van der Waals surface area contributed by atoms with Crippen molar-refractivity contribution in [1.29, 1.82) is 0 Å². The number of nitrogens with one attached hydrogen (secondary N) is 1. The van der Waals surface area contributed by atoms with Crippen LogP contribution in [0.2, 0.25) is 0 Å². The molecule has 0 bridgehead atoms. The fraction of sp³-hybridized carbons (Fsp3) is 0.500. The Hall–Kier alpha value is -1.22. The molecule has 0 saturated heterocycles. The van der Waals surface area contributed by atoms with Gasteiger partial charge in [-0.05, 0) is 50.8 Å². The summed E-state index contributed by atoms with van der Waals surface area (Å²) in [4.78, 5) is 4.21. The highest BCUT2D eigenvalue weighted by Gasteiger charge is 2.48. The van der Waals surface area contributed by atoms with E-state index in [2.05, 4.69) is 61.7 Å². The topological polar surface area (TPSA) is 24.4 Å². The highest BCUT2D eigenvalue weighted by Crippen LogP contribution is 2.55. The Bertz CT molecular complexity index is 474. The van der Waals surface area contributed by atoms with E-state index in [9.17, 15) is 0 Å². The lowest BCUT2D eigenvalue weighted by molar-refractivity contribution is 0.785. The Morgan fingerprint density at radius 1 is 1.29 bits per heavy atom. The standard InChI is InChI=1S/C15H20N2.C2H6.CH4S/c1-11-5-6-12(2)13(9-11)15(7-8-15)14(17-4)10-16-3;2*1-2/h5-6,9-10,16H,4,7-8H2,1-3H3;1-2H3;2H,1H3/b14-10-;;. The molecule has 1 aromatic carbocycles. The van der Waals surface area contributed by atoms with Crippen molar-refractivity contribution in [3.63, 3.8) is 0 Å². The first-order chi connectivity index (χ1) is 10.1. The first kappa shape index (κ1) is 19.8. The molecule has 3 heteroatoms. The molecule has 0 unspecified atom stereocenters. The number of rotatable bonds is 4. The summed E-state index contributed by atoms with van der Waals surface area (Å²) in [6.07, 6.45) is 6.01. The van der Waals surface area contributed by atoms with Gasteiger partial charge in [-0.2, -0.15) is 12.6 Å². The lowest BCUT2D eigenvalue weighted by Crippen LogP contribution is -2.13. The maximum absolute atomic E-state index is 4.21. The van der Waals surface area contributed by atoms with Gasteiger partial charge in [0.05, 0.1) is 5.70 Å². The van der Waals surface area contributed by atoms with Gasteiger partial charge in [-0.15, -0.1) is 0 Å². The summed E-state index contributed by atoms with van der Waals surface area (Å²) in [5.74, 6) is 0. The predicted molar refractivity (Wildman–Crippen MR) is 99.8 cm³/mol. The highest BCUT2D eigenvalue weighted by atomic mass is 32.1. The Labute approximate surface area is 136 Å². The van der Waals surface area contributed by atoms with Gasteiger partial charge in [-0.3, -0.25) is 4.99 Å². The molecule has 1 aliphatic rings. The summed E-state index contributed by atoms with van der Waals surface area (Å²) in [6, 6.07) is 6.65. The van der Waals surface area contributed by atoms with Gasteiger partial charge < -0.3 is 5.32 Å². The van der Waals surface area contributed by atoms with Crippen molar-refractivity contribution in [2.45, 2.75) is 46.0 Å². The summed E-state index contributed by atoms with van der Waals surface area (Å²) >= 11 is 3.53. The number of aryl methyl sites for hydroxylation is 2. The SMILES string of the molecule is C=N/C(=C\NC)C1(c2cc(C)ccc2C)CC1.CC.CS. The highest BCUT2D eigenvalue weighted by molar-refractivity contribution is 7.79. The predicted octanol–water partition coefficient (Wildman–Crippen LogP) is 4.67. The molecule has 1 N–H and O–H groups in total. The van der Waals surface area contributed by atoms with Crippen LogP contribution < -0.4 is 5.32 Å². The molecule has 118 valence electrons. The monoisotopic (exact) mass is 306 g/mol. The second kappa shape index (κ2) is 9.67. The van der Waals surface area contributed by atoms with Crippen LogP contribution in [0.15, 0.2) is 35.1 Å². The molecule has 0 amide bonds. The zero-order valence-corrected chi connectivity index (χ0v) is 15.2. The van der Waals surface area contributed by atoms with Gasteiger partial charge >= 0.3 is 0 Å². The van der Waals surface area contributed by atoms with E-state index in [-0.39, 0.29) is 5.41 Å². The Morgan fingerprint density at radius 3 is 2.29 bits per heavy atom. The molecule has 0 aliphatic heterocycles. The van der Waals surface area contributed by atoms with Gasteiger partial charge in [0.1, 0.15) is 0 Å². The quantitative estimate of drug-likeness (QED) is 0.613. The molecule has 0 atom stereocenters. The average molecular weight is 307 g/mol. The molecule has 0 radical (unpaired) electrons. The molecule has 1 aliphatic carbocycles. The van der Waals surface area contributed by atoms with Gasteiger partial charge in [-0.25, -0.2) is 0 Å². The molecule has 0 heterocycles. The minimum absolute atomic E-state index is 0.112. The van der Waals surface area contributed by atoms with E-state index in [0.29, 0.717) is 0 Å². The first-order valence-corrected chi connectivity index (χ1v) is 8.40. The van der Waals surface area contributed by atoms with Crippen LogP contribution in [0.25, 0.3) is 0 Å². The van der Waals surface area contributed by atoms with Gasteiger partial charge in [-0.1, -0.05) is 37.6 Å². The van der Waals surface area contributed by atoms with E-state index in [4.69, 9.17) is 0 Å². The molecule has 2 rings (SSSR count). The average Bonchev–Trinajstić information content (AvgIpc) is 3.33. The van der Waals surface area contributed by atoms with Gasteiger partial charge in [0.2, 0.25) is 0 Å². The van der Waals surface area contributed by atoms with Crippen molar-refractivity contribution in [2.24, 2.45) is 4.99 Å². The number of hydrogen-bond acceptors (Lipinski definition) is 3. The van der Waals surface area contributed by atoms with E-state index in [1.165, 1.54) is 29.5 Å². The minimum Gasteiger partial charge on any atom is -0.392 e. The Balaban J connectivity index is 0.000000921. The van der Waals surface area contributed by atoms with E-state index >= 15 is 0 Å². The van der Waals surface area contributed by atoms with Crippen LogP contribution in [-0.4, -0.2) is 20.0 Å². The molecular formula is C18H30N2S. The van der Waals surface area contributed by atoms with Gasteiger partial charge in [0.15, 0.2) is 0 Å². The van der Waals surface area contributed by atoms with Crippen molar-refractivity contribution in [1.82, 2.24) is 5.32 Å². The van der Waals surface area contributed by atoms with Crippen molar-refractivity contribution >= 4 is 19.3 Å². The minimum atomic E-state index is 0.112. The third-order valence-electron chi connectivity index (χ3n) is 3.60. The Morgan fingerprint density at radius 2 is 1.86 bits per heavy atom. The number of nitrogens with zero attached hydrogens (tertiary/aromatic N) is 1. The van der Waals surface area contributed by atoms with E-state index in [0.717, 1.165) is 5.70 Å². The zero-order valence-electron chi connectivity index (χ0n) is 14.3. The number of thiol groups is 1. The summed E-state index contributed by atoms with van der Waals surface area (Å²) in [5, 5.41) is 3.07. The van der Waals surface area contributed by atoms with Crippen LogP contribution >= 0.6 is 12.6 Å². The normalized spacial score (nSPS) is 14.9. The Kier molecular flexibility index (Phi) is 9.11. The second-order valence-electron chi connectivity index (χ2n) is 4.88. The number of allylic oxidation sites excluding steroid dienone is 1. The molecule has 2 nitrogen and oxygen atoms in total.